The predicted molar refractivity (Wildman–Crippen MR) is 251 cm³/mol. The van der Waals surface area contributed by atoms with Gasteiger partial charge in [-0.25, -0.2) is 0 Å². The SMILES string of the molecule is C[Si](C)(C)C(c1cc(C([Si](C)(C)C)([Si](C)(C)C)[Si](C)(C)C)cc(C([Si](C)(C)C)[Si](C)(C)C)c1[Si@]1(Br)C[C@H]1C1=CC=CC=CC1)[Si](C)(C)C. The zero-order valence-electron chi connectivity index (χ0n) is 35.6. The molecule has 0 radical (unpaired) electrons. The van der Waals surface area contributed by atoms with E-state index < -0.39 is 63.2 Å². The average molecular weight is 851 g/mol. The number of halogens is 1. The Morgan fingerprint density at radius 2 is 0.958 bits per heavy atom. The Morgan fingerprint density at radius 1 is 0.583 bits per heavy atom. The maximum Gasteiger partial charge on any atom is 0.168 e. The largest absolute Gasteiger partial charge is 0.168 e. The van der Waals surface area contributed by atoms with Gasteiger partial charge in [-0.1, -0.05) is 186 Å². The van der Waals surface area contributed by atoms with Crippen LogP contribution in [0.3, 0.4) is 0 Å². The molecule has 1 heterocycles. The summed E-state index contributed by atoms with van der Waals surface area (Å²) in [4.78, 5) is 0. The Morgan fingerprint density at radius 3 is 1.29 bits per heavy atom. The standard InChI is InChI=1S/C39H77BrSi8/c1-41(2,3)37(42(4,5)6)33-28-32(39(45(13,14)15,46(16,17)18)47(19,20)21)29-34(38(43(7,8)9)44(10,11)12)36(33)48(40)30-35(48)31-26-24-22-23-25-27-31/h22-26,28-29,35,37-38H,27,30H2,1-21H3/t35-,48-/m0/s1. The van der Waals surface area contributed by atoms with Gasteiger partial charge in [-0.2, -0.15) is 0 Å². The normalized spacial score (nSPS) is 22.0. The van der Waals surface area contributed by atoms with Crippen molar-refractivity contribution in [1.82, 2.24) is 0 Å². The third kappa shape index (κ3) is 8.09. The molecule has 272 valence electrons. The monoisotopic (exact) mass is 848 g/mol. The van der Waals surface area contributed by atoms with Gasteiger partial charge in [0, 0.05) is 56.5 Å². The lowest BCUT2D eigenvalue weighted by Crippen LogP contribution is -2.74. The van der Waals surface area contributed by atoms with E-state index in [0.29, 0.717) is 9.83 Å². The lowest BCUT2D eigenvalue weighted by molar-refractivity contribution is 0.995. The van der Waals surface area contributed by atoms with Crippen molar-refractivity contribution in [2.24, 2.45) is 0 Å². The van der Waals surface area contributed by atoms with E-state index in [1.165, 1.54) is 6.04 Å². The summed E-state index contributed by atoms with van der Waals surface area (Å²) < 4.78 is 0.380. The van der Waals surface area contributed by atoms with E-state index >= 15 is 0 Å². The molecule has 0 aromatic heterocycles. The molecule has 3 rings (SSSR count). The van der Waals surface area contributed by atoms with Crippen LogP contribution in [0.5, 0.6) is 0 Å². The van der Waals surface area contributed by atoms with Crippen molar-refractivity contribution in [3.63, 3.8) is 0 Å². The zero-order chi connectivity index (χ0) is 37.5. The van der Waals surface area contributed by atoms with Gasteiger partial charge in [-0.15, -0.1) is 15.3 Å². The Balaban J connectivity index is 2.77. The molecule has 0 N–H and O–H groups in total. The van der Waals surface area contributed by atoms with Gasteiger partial charge in [-0.3, -0.25) is 0 Å². The molecule has 0 nitrogen and oxygen atoms in total. The first-order valence-corrected chi connectivity index (χ1v) is 48.4. The first kappa shape index (κ1) is 43.1. The van der Waals surface area contributed by atoms with Crippen molar-refractivity contribution in [3.05, 3.63) is 64.8 Å². The topological polar surface area (TPSA) is 0 Å². The summed E-state index contributed by atoms with van der Waals surface area (Å²) in [6.07, 6.45) is 12.8. The van der Waals surface area contributed by atoms with Gasteiger partial charge in [-0.05, 0) is 54.5 Å². The molecule has 0 unspecified atom stereocenters. The van der Waals surface area contributed by atoms with Crippen LogP contribution >= 0.6 is 15.3 Å². The van der Waals surface area contributed by atoms with Crippen molar-refractivity contribution in [2.75, 3.05) is 0 Å². The molecule has 1 aliphatic carbocycles. The van der Waals surface area contributed by atoms with Crippen LogP contribution in [0.4, 0.5) is 0 Å². The van der Waals surface area contributed by atoms with E-state index in [-0.39, 0.29) is 0 Å². The molecule has 0 saturated carbocycles. The first-order valence-electron chi connectivity index (χ1n) is 19.0. The molecule has 1 fully saturated rings. The third-order valence-corrected chi connectivity index (χ3v) is 58.9. The number of benzene rings is 1. The molecule has 1 saturated heterocycles. The summed E-state index contributed by atoms with van der Waals surface area (Å²) in [6.45, 7) is 55.5. The third-order valence-electron chi connectivity index (χ3n) is 11.9. The van der Waals surface area contributed by atoms with Crippen LogP contribution < -0.4 is 5.19 Å². The lowest BCUT2D eigenvalue weighted by Gasteiger charge is -2.60. The number of hydrogen-bond donors (Lipinski definition) is 0. The van der Waals surface area contributed by atoms with Crippen LogP contribution in [0.15, 0.2) is 48.1 Å². The fourth-order valence-electron chi connectivity index (χ4n) is 12.8. The highest BCUT2D eigenvalue weighted by Crippen LogP contribution is 2.61. The highest BCUT2D eigenvalue weighted by molar-refractivity contribution is 9.27. The Hall–Kier alpha value is 0.655. The molecule has 0 bridgehead atoms. The molecule has 0 spiro atoms. The Labute approximate surface area is 316 Å². The van der Waals surface area contributed by atoms with Gasteiger partial charge < -0.3 is 0 Å². The molecule has 0 amide bonds. The minimum atomic E-state index is -1.97. The van der Waals surface area contributed by atoms with Crippen LogP contribution in [-0.4, -0.2) is 63.2 Å². The van der Waals surface area contributed by atoms with Crippen LogP contribution in [-0.2, 0) is 4.28 Å². The van der Waals surface area contributed by atoms with E-state index in [1.807, 2.05) is 21.9 Å². The van der Waals surface area contributed by atoms with Crippen molar-refractivity contribution >= 4 is 83.7 Å². The molecular formula is C39H77BrSi8. The van der Waals surface area contributed by atoms with Crippen molar-refractivity contribution in [2.45, 2.75) is 170 Å². The predicted octanol–water partition coefficient (Wildman–Crippen LogP) is 13.6. The second kappa shape index (κ2) is 13.5. The van der Waals surface area contributed by atoms with Gasteiger partial charge >= 0.3 is 0 Å². The minimum Gasteiger partial charge on any atom is -0.119 e. The minimum absolute atomic E-state index is 0.380. The first-order chi connectivity index (χ1) is 21.1. The van der Waals surface area contributed by atoms with Crippen LogP contribution in [0.2, 0.25) is 149 Å². The molecule has 1 aromatic carbocycles. The maximum absolute atomic E-state index is 4.86. The summed E-state index contributed by atoms with van der Waals surface area (Å²) in [5, 5.41) is 3.42. The fourth-order valence-corrected chi connectivity index (χ4v) is 77.0. The molecule has 1 aliphatic heterocycles. The molecular weight excluding hydrogens is 773 g/mol. The van der Waals surface area contributed by atoms with Crippen molar-refractivity contribution in [3.8, 4) is 0 Å². The highest BCUT2D eigenvalue weighted by Gasteiger charge is 2.64. The summed E-state index contributed by atoms with van der Waals surface area (Å²) >= 11 is 4.86. The molecule has 9 heteroatoms. The number of hydrogen-bond acceptors (Lipinski definition) is 0. The molecule has 2 atom stereocenters. The van der Waals surface area contributed by atoms with Crippen molar-refractivity contribution < 1.29 is 0 Å². The van der Waals surface area contributed by atoms with Gasteiger partial charge in [0.15, 0.2) is 6.69 Å². The summed E-state index contributed by atoms with van der Waals surface area (Å²) in [5.74, 6) is 0. The summed E-state index contributed by atoms with van der Waals surface area (Å²) in [5.41, 5.74) is 7.98. The van der Waals surface area contributed by atoms with Gasteiger partial charge in [0.05, 0.1) is 0 Å². The van der Waals surface area contributed by atoms with E-state index in [0.717, 1.165) is 16.7 Å². The Bertz CT molecular complexity index is 1320. The quantitative estimate of drug-likeness (QED) is 0.145. The molecule has 2 aliphatic rings. The molecule has 1 aromatic rings. The summed E-state index contributed by atoms with van der Waals surface area (Å²) in [6, 6.07) is 7.38. The second-order valence-electron chi connectivity index (χ2n) is 23.2. The van der Waals surface area contributed by atoms with Crippen LogP contribution in [0, 0.1) is 0 Å². The summed E-state index contributed by atoms with van der Waals surface area (Å²) in [7, 11) is -11.5. The lowest BCUT2D eigenvalue weighted by atomic mass is 10.1. The van der Waals surface area contributed by atoms with E-state index in [9.17, 15) is 0 Å². The Kier molecular flexibility index (Phi) is 12.1. The maximum atomic E-state index is 4.86. The number of rotatable bonds is 12. The second-order valence-corrected chi connectivity index (χ2v) is 70.5. The smallest absolute Gasteiger partial charge is 0.119 e. The van der Waals surface area contributed by atoms with E-state index in [2.05, 4.69) is 180 Å². The fraction of sp³-hybridized carbons (Fsp3) is 0.692. The van der Waals surface area contributed by atoms with Gasteiger partial charge in [0.2, 0.25) is 0 Å². The van der Waals surface area contributed by atoms with Gasteiger partial charge in [0.1, 0.15) is 0 Å². The molecule has 48 heavy (non-hydrogen) atoms. The van der Waals surface area contributed by atoms with Crippen LogP contribution in [0.1, 0.15) is 33.4 Å². The highest BCUT2D eigenvalue weighted by atomic mass is 79.9. The zero-order valence-corrected chi connectivity index (χ0v) is 45.2. The van der Waals surface area contributed by atoms with Gasteiger partial charge in [0.25, 0.3) is 0 Å². The average Bonchev–Trinajstić information content (AvgIpc) is 3.50. The van der Waals surface area contributed by atoms with E-state index in [1.54, 1.807) is 5.57 Å². The van der Waals surface area contributed by atoms with Crippen molar-refractivity contribution in [1.29, 1.82) is 0 Å². The van der Waals surface area contributed by atoms with E-state index in [4.69, 9.17) is 15.3 Å². The van der Waals surface area contributed by atoms with Crippen LogP contribution in [0.25, 0.3) is 0 Å². The number of allylic oxidation sites excluding steroid dienone is 6.